The van der Waals surface area contributed by atoms with Gasteiger partial charge in [0.25, 0.3) is 0 Å². The Morgan fingerprint density at radius 3 is 1.86 bits per heavy atom. The lowest BCUT2D eigenvalue weighted by molar-refractivity contribution is 0.735. The molecule has 7 aromatic rings. The van der Waals surface area contributed by atoms with Crippen molar-refractivity contribution in [3.05, 3.63) is 217 Å². The quantitative estimate of drug-likeness (QED) is 0.157. The maximum Gasteiger partial charge on any atom is 0.153 e. The van der Waals surface area contributed by atoms with Crippen molar-refractivity contribution in [2.75, 3.05) is 0 Å². The number of benzene rings is 5. The van der Waals surface area contributed by atoms with Crippen LogP contribution in [0.3, 0.4) is 0 Å². The predicted molar refractivity (Wildman–Crippen MR) is 202 cm³/mol. The Balaban J connectivity index is 1.21. The molecule has 1 aliphatic rings. The molecule has 0 saturated heterocycles. The van der Waals surface area contributed by atoms with Crippen LogP contribution in [0.2, 0.25) is 0 Å². The van der Waals surface area contributed by atoms with Crippen molar-refractivity contribution < 1.29 is 0 Å². The highest BCUT2D eigenvalue weighted by atomic mass is 14.9. The third-order valence-corrected chi connectivity index (χ3v) is 9.23. The van der Waals surface area contributed by atoms with Crippen LogP contribution in [-0.4, -0.2) is 15.0 Å². The van der Waals surface area contributed by atoms with E-state index in [4.69, 9.17) is 15.0 Å². The number of hydrogen-bond acceptors (Lipinski definition) is 3. The molecule has 0 fully saturated rings. The minimum absolute atomic E-state index is 0.506. The Bertz CT molecular complexity index is 2280. The van der Waals surface area contributed by atoms with E-state index in [1.54, 1.807) is 6.08 Å². The number of allylic oxidation sites excluding steroid dienone is 4. The second kappa shape index (κ2) is 13.0. The Kier molecular flexibility index (Phi) is 7.93. The first-order chi connectivity index (χ1) is 24.3. The molecular weight excluding hydrogens is 595 g/mol. The fourth-order valence-corrected chi connectivity index (χ4v) is 7.03. The van der Waals surface area contributed by atoms with Crippen LogP contribution in [0.25, 0.3) is 50.8 Å². The number of pyridine rings is 1. The summed E-state index contributed by atoms with van der Waals surface area (Å²) in [5, 5.41) is 0. The summed E-state index contributed by atoms with van der Waals surface area (Å²) in [5.74, 6) is 0.654. The first kappa shape index (κ1) is 29.9. The lowest BCUT2D eigenvalue weighted by Gasteiger charge is -2.32. The third-order valence-electron chi connectivity index (χ3n) is 9.23. The molecule has 0 N–H and O–H groups in total. The molecule has 0 bridgehead atoms. The lowest BCUT2D eigenvalue weighted by atomic mass is 9.70. The fraction of sp³-hybridized carbons (Fsp3) is 0.0217. The molecule has 0 radical (unpaired) electrons. The monoisotopic (exact) mass is 627 g/mol. The van der Waals surface area contributed by atoms with Gasteiger partial charge in [0, 0.05) is 17.3 Å². The van der Waals surface area contributed by atoms with Gasteiger partial charge in [-0.15, -0.1) is 0 Å². The van der Waals surface area contributed by atoms with Crippen molar-refractivity contribution >= 4 is 6.08 Å². The molecule has 0 saturated carbocycles. The summed E-state index contributed by atoms with van der Waals surface area (Å²) in [6, 6.07) is 53.6. The van der Waals surface area contributed by atoms with Crippen molar-refractivity contribution in [2.24, 2.45) is 0 Å². The second-order valence-corrected chi connectivity index (χ2v) is 12.1. The van der Waals surface area contributed by atoms with Crippen LogP contribution >= 0.6 is 0 Å². The Hall–Kier alpha value is -6.45. The maximum atomic E-state index is 4.96. The van der Waals surface area contributed by atoms with Gasteiger partial charge >= 0.3 is 0 Å². The van der Waals surface area contributed by atoms with Crippen molar-refractivity contribution in [3.63, 3.8) is 0 Å². The van der Waals surface area contributed by atoms with Gasteiger partial charge in [0.05, 0.1) is 22.5 Å². The Morgan fingerprint density at radius 1 is 0.490 bits per heavy atom. The molecule has 0 spiro atoms. The van der Waals surface area contributed by atoms with E-state index < -0.39 is 5.41 Å². The van der Waals surface area contributed by atoms with Gasteiger partial charge in [-0.2, -0.15) is 0 Å². The summed E-state index contributed by atoms with van der Waals surface area (Å²) in [7, 11) is 0. The van der Waals surface area contributed by atoms with Gasteiger partial charge in [-0.3, -0.25) is 4.98 Å². The van der Waals surface area contributed by atoms with Crippen LogP contribution in [0.15, 0.2) is 189 Å². The lowest BCUT2D eigenvalue weighted by Crippen LogP contribution is -2.29. The minimum Gasteiger partial charge on any atom is -0.260 e. The molecule has 0 amide bonds. The van der Waals surface area contributed by atoms with Gasteiger partial charge in [-0.05, 0) is 69.3 Å². The van der Waals surface area contributed by atoms with Crippen LogP contribution < -0.4 is 0 Å². The van der Waals surface area contributed by atoms with Crippen LogP contribution in [0.4, 0.5) is 0 Å². The molecule has 1 atom stereocenters. The fourth-order valence-electron chi connectivity index (χ4n) is 7.03. The molecule has 3 heteroatoms. The summed E-state index contributed by atoms with van der Waals surface area (Å²) < 4.78 is 0. The number of nitrogens with zero attached hydrogens (tertiary/aromatic N) is 3. The molecule has 3 nitrogen and oxygen atoms in total. The topological polar surface area (TPSA) is 38.7 Å². The van der Waals surface area contributed by atoms with E-state index >= 15 is 0 Å². The molecule has 1 aliphatic carbocycles. The Labute approximate surface area is 287 Å². The normalized spacial score (nSPS) is 14.9. The summed E-state index contributed by atoms with van der Waals surface area (Å²) in [6.07, 6.45) is 11.3. The number of rotatable bonds is 8. The zero-order chi connectivity index (χ0) is 33.0. The van der Waals surface area contributed by atoms with Crippen molar-refractivity contribution in [2.45, 2.75) is 5.41 Å². The standard InChI is InChI=1S/C46H33N3/c1-2-3-4-11-23-45-48-42(34-16-7-5-8-17-34)32-43(49-45)35-26-24-33(25-27-35)36-28-29-41-39(31-36)38-20-12-13-21-40(38)46(41,37-18-9-6-10-19-37)44-22-14-15-30-47-44/h2-32H,1H2/b4-3-,23-11+. The zero-order valence-electron chi connectivity index (χ0n) is 26.9. The molecule has 2 heterocycles. The maximum absolute atomic E-state index is 4.96. The molecule has 0 aliphatic heterocycles. The largest absolute Gasteiger partial charge is 0.260 e. The molecule has 232 valence electrons. The van der Waals surface area contributed by atoms with Crippen LogP contribution in [-0.2, 0) is 5.41 Å². The van der Waals surface area contributed by atoms with Gasteiger partial charge in [-0.25, -0.2) is 9.97 Å². The van der Waals surface area contributed by atoms with E-state index in [0.717, 1.165) is 39.3 Å². The average Bonchev–Trinajstić information content (AvgIpc) is 3.48. The highest BCUT2D eigenvalue weighted by molar-refractivity contribution is 5.88. The van der Waals surface area contributed by atoms with Gasteiger partial charge in [0.2, 0.25) is 0 Å². The van der Waals surface area contributed by atoms with E-state index in [9.17, 15) is 0 Å². The van der Waals surface area contributed by atoms with Gasteiger partial charge in [0.1, 0.15) is 0 Å². The van der Waals surface area contributed by atoms with Crippen molar-refractivity contribution in [3.8, 4) is 44.8 Å². The smallest absolute Gasteiger partial charge is 0.153 e. The van der Waals surface area contributed by atoms with Crippen LogP contribution in [0, 0.1) is 0 Å². The highest BCUT2D eigenvalue weighted by Gasteiger charge is 2.47. The molecular formula is C46H33N3. The summed E-state index contributed by atoms with van der Waals surface area (Å²) in [4.78, 5) is 14.7. The molecule has 5 aromatic carbocycles. The second-order valence-electron chi connectivity index (χ2n) is 12.1. The van der Waals surface area contributed by atoms with E-state index in [1.807, 2.05) is 54.8 Å². The Morgan fingerprint density at radius 2 is 1.12 bits per heavy atom. The van der Waals surface area contributed by atoms with E-state index in [0.29, 0.717) is 5.82 Å². The molecule has 8 rings (SSSR count). The summed E-state index contributed by atoms with van der Waals surface area (Å²) in [6.45, 7) is 3.75. The van der Waals surface area contributed by atoms with E-state index in [2.05, 4.69) is 134 Å². The number of aromatic nitrogens is 3. The zero-order valence-corrected chi connectivity index (χ0v) is 26.9. The van der Waals surface area contributed by atoms with Crippen LogP contribution in [0.5, 0.6) is 0 Å². The summed E-state index contributed by atoms with van der Waals surface area (Å²) >= 11 is 0. The van der Waals surface area contributed by atoms with Gasteiger partial charge < -0.3 is 0 Å². The number of fused-ring (bicyclic) bond motifs is 3. The number of hydrogen-bond donors (Lipinski definition) is 0. The minimum atomic E-state index is -0.506. The van der Waals surface area contributed by atoms with Crippen LogP contribution in [0.1, 0.15) is 28.2 Å². The highest BCUT2D eigenvalue weighted by Crippen LogP contribution is 2.56. The van der Waals surface area contributed by atoms with Crippen molar-refractivity contribution in [1.29, 1.82) is 0 Å². The first-order valence-corrected chi connectivity index (χ1v) is 16.5. The van der Waals surface area contributed by atoms with Gasteiger partial charge in [0.15, 0.2) is 5.82 Å². The molecule has 49 heavy (non-hydrogen) atoms. The summed E-state index contributed by atoms with van der Waals surface area (Å²) in [5.41, 5.74) is 12.8. The van der Waals surface area contributed by atoms with E-state index in [-0.39, 0.29) is 0 Å². The average molecular weight is 628 g/mol. The third kappa shape index (κ3) is 5.42. The first-order valence-electron chi connectivity index (χ1n) is 16.5. The molecule has 2 aromatic heterocycles. The SMILES string of the molecule is C=C/C=C\C=C\c1nc(-c2ccccc2)cc(-c2ccc(-c3ccc4c(c3)-c3ccccc3C4(c3ccccc3)c3ccccn3)cc2)n1. The predicted octanol–water partition coefficient (Wildman–Crippen LogP) is 11.0. The molecule has 1 unspecified atom stereocenters. The van der Waals surface area contributed by atoms with Crippen molar-refractivity contribution in [1.82, 2.24) is 15.0 Å². The van der Waals surface area contributed by atoms with Gasteiger partial charge in [-0.1, -0.05) is 158 Å². The van der Waals surface area contributed by atoms with E-state index in [1.165, 1.54) is 27.8 Å².